The van der Waals surface area contributed by atoms with Crippen LogP contribution in [0.1, 0.15) is 27.3 Å². The number of benzene rings is 2. The molecule has 4 rings (SSSR count). The number of carbonyl (C=O) groups excluding carboxylic acids is 1. The number of aryl methyl sites for hydroxylation is 1. The Bertz CT molecular complexity index is 1170. The zero-order valence-corrected chi connectivity index (χ0v) is 16.9. The third-order valence-electron chi connectivity index (χ3n) is 4.87. The summed E-state index contributed by atoms with van der Waals surface area (Å²) in [5.74, 6) is 0.712. The standard InChI is InChI=1S/C20H20N4O4S/c1-13-21-20(28-23-13)15-8-6-14(7-9-15)19(25)22-18-5-3-4-16-12-24(29(2,26)27)11-10-17(16)18/h3-9H,10-12H2,1-2H3,(H,22,25). The Balaban J connectivity index is 1.52. The average molecular weight is 412 g/mol. The maximum atomic E-state index is 12.7. The van der Waals surface area contributed by atoms with Crippen molar-refractivity contribution >= 4 is 21.6 Å². The van der Waals surface area contributed by atoms with Crippen molar-refractivity contribution in [2.45, 2.75) is 19.9 Å². The third-order valence-corrected chi connectivity index (χ3v) is 6.12. The molecule has 1 aromatic heterocycles. The summed E-state index contributed by atoms with van der Waals surface area (Å²) in [5.41, 5.74) is 3.81. The Morgan fingerprint density at radius 1 is 1.17 bits per heavy atom. The van der Waals surface area contributed by atoms with E-state index in [1.54, 1.807) is 31.2 Å². The monoisotopic (exact) mass is 412 g/mol. The molecule has 1 amide bonds. The van der Waals surface area contributed by atoms with Gasteiger partial charge in [0.05, 0.1) is 6.26 Å². The molecule has 1 N–H and O–H groups in total. The van der Waals surface area contributed by atoms with E-state index in [-0.39, 0.29) is 5.91 Å². The van der Waals surface area contributed by atoms with Crippen LogP contribution in [0.4, 0.5) is 5.69 Å². The zero-order chi connectivity index (χ0) is 20.6. The summed E-state index contributed by atoms with van der Waals surface area (Å²) < 4.78 is 30.2. The molecule has 0 unspecified atom stereocenters. The summed E-state index contributed by atoms with van der Waals surface area (Å²) >= 11 is 0. The number of hydrogen-bond acceptors (Lipinski definition) is 6. The molecule has 8 nitrogen and oxygen atoms in total. The Morgan fingerprint density at radius 2 is 1.93 bits per heavy atom. The average Bonchev–Trinajstić information content (AvgIpc) is 3.13. The van der Waals surface area contributed by atoms with Gasteiger partial charge in [-0.25, -0.2) is 8.42 Å². The highest BCUT2D eigenvalue weighted by molar-refractivity contribution is 7.88. The van der Waals surface area contributed by atoms with Crippen LogP contribution >= 0.6 is 0 Å². The maximum Gasteiger partial charge on any atom is 0.257 e. The van der Waals surface area contributed by atoms with E-state index in [1.165, 1.54) is 10.6 Å². The lowest BCUT2D eigenvalue weighted by Gasteiger charge is -2.28. The molecule has 0 spiro atoms. The fourth-order valence-corrected chi connectivity index (χ4v) is 4.15. The minimum atomic E-state index is -3.24. The number of nitrogens with one attached hydrogen (secondary N) is 1. The number of amides is 1. The Labute approximate surface area is 168 Å². The molecule has 3 aromatic rings. The van der Waals surface area contributed by atoms with Crippen molar-refractivity contribution in [3.05, 3.63) is 65.0 Å². The van der Waals surface area contributed by atoms with Crippen LogP contribution in [0.3, 0.4) is 0 Å². The van der Waals surface area contributed by atoms with Crippen LogP contribution in [-0.4, -0.2) is 41.6 Å². The number of hydrogen-bond donors (Lipinski definition) is 1. The van der Waals surface area contributed by atoms with Gasteiger partial charge in [-0.3, -0.25) is 4.79 Å². The third kappa shape index (κ3) is 4.06. The van der Waals surface area contributed by atoms with Gasteiger partial charge in [-0.1, -0.05) is 17.3 Å². The van der Waals surface area contributed by atoms with Gasteiger partial charge in [-0.2, -0.15) is 9.29 Å². The van der Waals surface area contributed by atoms with Gasteiger partial charge in [0.25, 0.3) is 11.8 Å². The molecule has 0 aliphatic carbocycles. The molecule has 0 saturated heterocycles. The molecule has 150 valence electrons. The molecular weight excluding hydrogens is 392 g/mol. The summed E-state index contributed by atoms with van der Waals surface area (Å²) in [6.45, 7) is 2.46. The van der Waals surface area contributed by atoms with Gasteiger partial charge in [0.2, 0.25) is 10.0 Å². The second-order valence-electron chi connectivity index (χ2n) is 6.97. The lowest BCUT2D eigenvalue weighted by Crippen LogP contribution is -2.35. The molecule has 2 aromatic carbocycles. The smallest absolute Gasteiger partial charge is 0.257 e. The molecule has 29 heavy (non-hydrogen) atoms. The summed E-state index contributed by atoms with van der Waals surface area (Å²) in [5, 5.41) is 6.71. The molecule has 0 fully saturated rings. The molecule has 0 bridgehead atoms. The first-order chi connectivity index (χ1) is 13.8. The van der Waals surface area contributed by atoms with Crippen LogP contribution in [0.15, 0.2) is 47.0 Å². The Kier molecular flexibility index (Phi) is 4.93. The van der Waals surface area contributed by atoms with Crippen molar-refractivity contribution in [3.8, 4) is 11.5 Å². The van der Waals surface area contributed by atoms with Crippen LogP contribution in [0.25, 0.3) is 11.5 Å². The fraction of sp³-hybridized carbons (Fsp3) is 0.250. The molecule has 0 radical (unpaired) electrons. The van der Waals surface area contributed by atoms with E-state index in [0.717, 1.165) is 16.7 Å². The topological polar surface area (TPSA) is 105 Å². The van der Waals surface area contributed by atoms with Crippen molar-refractivity contribution < 1.29 is 17.7 Å². The summed E-state index contributed by atoms with van der Waals surface area (Å²) in [7, 11) is -3.24. The van der Waals surface area contributed by atoms with Gasteiger partial charge in [-0.05, 0) is 54.8 Å². The number of sulfonamides is 1. The zero-order valence-electron chi connectivity index (χ0n) is 16.0. The molecule has 0 atom stereocenters. The lowest BCUT2D eigenvalue weighted by molar-refractivity contribution is 0.102. The fourth-order valence-electron chi connectivity index (χ4n) is 3.36. The number of rotatable bonds is 4. The summed E-state index contributed by atoms with van der Waals surface area (Å²) in [4.78, 5) is 16.9. The van der Waals surface area contributed by atoms with Crippen molar-refractivity contribution in [3.63, 3.8) is 0 Å². The van der Waals surface area contributed by atoms with E-state index in [2.05, 4.69) is 15.5 Å². The van der Waals surface area contributed by atoms with Crippen LogP contribution in [0.5, 0.6) is 0 Å². The van der Waals surface area contributed by atoms with Crippen LogP contribution < -0.4 is 5.32 Å². The van der Waals surface area contributed by atoms with Gasteiger partial charge < -0.3 is 9.84 Å². The molecule has 2 heterocycles. The predicted molar refractivity (Wildman–Crippen MR) is 108 cm³/mol. The maximum absolute atomic E-state index is 12.7. The van der Waals surface area contributed by atoms with Crippen LogP contribution in [0.2, 0.25) is 0 Å². The number of aromatic nitrogens is 2. The predicted octanol–water partition coefficient (Wildman–Crippen LogP) is 2.62. The first kappa shape index (κ1) is 19.3. The SMILES string of the molecule is Cc1noc(-c2ccc(C(=O)Nc3cccc4c3CCN(S(C)(=O)=O)C4)cc2)n1. The highest BCUT2D eigenvalue weighted by Gasteiger charge is 2.25. The molecule has 1 aliphatic heterocycles. The number of carbonyl (C=O) groups is 1. The lowest BCUT2D eigenvalue weighted by atomic mass is 9.99. The molecular formula is C20H20N4O4S. The van der Waals surface area contributed by atoms with Gasteiger partial charge in [-0.15, -0.1) is 0 Å². The van der Waals surface area contributed by atoms with E-state index in [9.17, 15) is 13.2 Å². The Morgan fingerprint density at radius 3 is 2.59 bits per heavy atom. The van der Waals surface area contributed by atoms with Gasteiger partial charge in [0, 0.05) is 29.9 Å². The number of fused-ring (bicyclic) bond motifs is 1. The minimum Gasteiger partial charge on any atom is -0.334 e. The second-order valence-corrected chi connectivity index (χ2v) is 8.95. The van der Waals surface area contributed by atoms with Crippen LogP contribution in [0, 0.1) is 6.92 Å². The molecule has 9 heteroatoms. The van der Waals surface area contributed by atoms with E-state index in [0.29, 0.717) is 42.5 Å². The van der Waals surface area contributed by atoms with Crippen molar-refractivity contribution in [2.75, 3.05) is 18.1 Å². The summed E-state index contributed by atoms with van der Waals surface area (Å²) in [6.07, 6.45) is 1.76. The summed E-state index contributed by atoms with van der Waals surface area (Å²) in [6, 6.07) is 12.5. The number of anilines is 1. The van der Waals surface area contributed by atoms with E-state index >= 15 is 0 Å². The Hall–Kier alpha value is -3.04. The van der Waals surface area contributed by atoms with Crippen molar-refractivity contribution in [1.82, 2.24) is 14.4 Å². The van der Waals surface area contributed by atoms with Crippen molar-refractivity contribution in [2.24, 2.45) is 0 Å². The van der Waals surface area contributed by atoms with E-state index in [4.69, 9.17) is 4.52 Å². The van der Waals surface area contributed by atoms with Crippen molar-refractivity contribution in [1.29, 1.82) is 0 Å². The van der Waals surface area contributed by atoms with Crippen LogP contribution in [-0.2, 0) is 23.0 Å². The first-order valence-corrected chi connectivity index (χ1v) is 10.9. The highest BCUT2D eigenvalue weighted by Crippen LogP contribution is 2.28. The first-order valence-electron chi connectivity index (χ1n) is 9.09. The normalized spacial score (nSPS) is 14.4. The largest absolute Gasteiger partial charge is 0.334 e. The van der Waals surface area contributed by atoms with Gasteiger partial charge in [0.1, 0.15) is 0 Å². The minimum absolute atomic E-state index is 0.239. The number of nitrogens with zero attached hydrogens (tertiary/aromatic N) is 3. The molecule has 0 saturated carbocycles. The van der Waals surface area contributed by atoms with Gasteiger partial charge in [0.15, 0.2) is 5.82 Å². The molecule has 1 aliphatic rings. The highest BCUT2D eigenvalue weighted by atomic mass is 32.2. The van der Waals surface area contributed by atoms with E-state index < -0.39 is 10.0 Å². The second kappa shape index (κ2) is 7.41. The quantitative estimate of drug-likeness (QED) is 0.706. The van der Waals surface area contributed by atoms with E-state index in [1.807, 2.05) is 18.2 Å². The van der Waals surface area contributed by atoms with Gasteiger partial charge >= 0.3 is 0 Å².